The molecule has 180 valence electrons. The Bertz CT molecular complexity index is 1440. The Morgan fingerprint density at radius 1 is 1.14 bits per heavy atom. The number of rotatable bonds is 6. The number of para-hydroxylation sites is 1. The quantitative estimate of drug-likeness (QED) is 0.442. The second kappa shape index (κ2) is 10.0. The minimum absolute atomic E-state index is 0.124. The van der Waals surface area contributed by atoms with Crippen molar-refractivity contribution in [2.75, 3.05) is 31.6 Å². The number of thiazole rings is 1. The third-order valence-electron chi connectivity index (χ3n) is 5.82. The monoisotopic (exact) mass is 493 g/mol. The van der Waals surface area contributed by atoms with Crippen LogP contribution in [0.5, 0.6) is 0 Å². The van der Waals surface area contributed by atoms with E-state index in [0.29, 0.717) is 58.4 Å². The van der Waals surface area contributed by atoms with Crippen LogP contribution in [0.15, 0.2) is 52.6 Å². The van der Waals surface area contributed by atoms with Crippen molar-refractivity contribution in [2.24, 2.45) is 0 Å². The van der Waals surface area contributed by atoms with Gasteiger partial charge in [-0.15, -0.1) is 11.3 Å². The van der Waals surface area contributed by atoms with E-state index in [-0.39, 0.29) is 18.0 Å². The first-order valence-corrected chi connectivity index (χ1v) is 12.2. The molecule has 1 aliphatic heterocycles. The molecule has 0 unspecified atom stereocenters. The maximum Gasteiger partial charge on any atom is 0.261 e. The van der Waals surface area contributed by atoms with E-state index in [9.17, 15) is 14.0 Å². The van der Waals surface area contributed by atoms with Crippen molar-refractivity contribution in [2.45, 2.75) is 20.0 Å². The number of amides is 1. The Morgan fingerprint density at radius 2 is 1.94 bits per heavy atom. The number of aromatic nitrogens is 3. The Balaban J connectivity index is 1.47. The number of fused-ring (bicyclic) bond motifs is 1. The number of hydrogen-bond donors (Lipinski definition) is 1. The zero-order valence-corrected chi connectivity index (χ0v) is 20.0. The van der Waals surface area contributed by atoms with E-state index < -0.39 is 5.82 Å². The Hall–Kier alpha value is -3.47. The highest BCUT2D eigenvalue weighted by Crippen LogP contribution is 2.27. The Morgan fingerprint density at radius 3 is 2.71 bits per heavy atom. The number of halogens is 1. The van der Waals surface area contributed by atoms with Gasteiger partial charge in [-0.2, -0.15) is 0 Å². The molecule has 0 spiro atoms. The molecule has 0 radical (unpaired) electrons. The molecule has 1 N–H and O–H groups in total. The maximum atomic E-state index is 14.7. The highest BCUT2D eigenvalue weighted by Gasteiger charge is 2.18. The number of hydrogen-bond acceptors (Lipinski definition) is 7. The first-order chi connectivity index (χ1) is 17.0. The molecule has 2 aromatic heterocycles. The molecule has 1 saturated heterocycles. The number of carbonyl (C=O) groups is 1. The molecule has 35 heavy (non-hydrogen) atoms. The van der Waals surface area contributed by atoms with Crippen molar-refractivity contribution in [3.05, 3.63) is 74.8 Å². The van der Waals surface area contributed by atoms with E-state index in [1.165, 1.54) is 24.3 Å². The molecule has 8 nitrogen and oxygen atoms in total. The topological polar surface area (TPSA) is 89.4 Å². The van der Waals surface area contributed by atoms with Gasteiger partial charge in [0.1, 0.15) is 16.6 Å². The molecule has 2 aromatic carbocycles. The predicted molar refractivity (Wildman–Crippen MR) is 133 cm³/mol. The van der Waals surface area contributed by atoms with E-state index in [2.05, 4.69) is 15.2 Å². The van der Waals surface area contributed by atoms with E-state index in [1.807, 2.05) is 18.2 Å². The summed E-state index contributed by atoms with van der Waals surface area (Å²) in [6.07, 6.45) is 0. The summed E-state index contributed by atoms with van der Waals surface area (Å²) in [6.45, 7) is 5.00. The summed E-state index contributed by atoms with van der Waals surface area (Å²) in [7, 11) is 0. The van der Waals surface area contributed by atoms with Crippen LogP contribution in [0.25, 0.3) is 22.2 Å². The van der Waals surface area contributed by atoms with Gasteiger partial charge in [-0.3, -0.25) is 19.1 Å². The number of carbonyl (C=O) groups excluding carboxylic acids is 1. The van der Waals surface area contributed by atoms with E-state index in [1.54, 1.807) is 28.1 Å². The van der Waals surface area contributed by atoms with Crippen LogP contribution in [-0.2, 0) is 22.6 Å². The highest BCUT2D eigenvalue weighted by atomic mass is 32.1. The molecule has 0 bridgehead atoms. The van der Waals surface area contributed by atoms with E-state index >= 15 is 0 Å². The summed E-state index contributed by atoms with van der Waals surface area (Å²) in [5.41, 5.74) is 1.74. The zero-order valence-electron chi connectivity index (χ0n) is 19.2. The SMILES string of the molecule is CC(=O)Nc1ccc(-c2csc(Cn3c(CN4CCOCC4)nc4ccccc4c3=O)n2)c(F)c1. The van der Waals surface area contributed by atoms with Gasteiger partial charge in [-0.25, -0.2) is 14.4 Å². The lowest BCUT2D eigenvalue weighted by Gasteiger charge is -2.27. The minimum atomic E-state index is -0.481. The van der Waals surface area contributed by atoms with Crippen molar-refractivity contribution in [1.29, 1.82) is 0 Å². The fourth-order valence-corrected chi connectivity index (χ4v) is 4.89. The minimum Gasteiger partial charge on any atom is -0.379 e. The lowest BCUT2D eigenvalue weighted by Crippen LogP contribution is -2.38. The highest BCUT2D eigenvalue weighted by molar-refractivity contribution is 7.09. The van der Waals surface area contributed by atoms with Gasteiger partial charge >= 0.3 is 0 Å². The fraction of sp³-hybridized carbons (Fsp3) is 0.280. The van der Waals surface area contributed by atoms with Crippen LogP contribution < -0.4 is 10.9 Å². The third kappa shape index (κ3) is 5.14. The van der Waals surface area contributed by atoms with Gasteiger partial charge in [0.05, 0.1) is 42.9 Å². The van der Waals surface area contributed by atoms with Crippen LogP contribution in [0.3, 0.4) is 0 Å². The maximum absolute atomic E-state index is 14.7. The molecule has 5 rings (SSSR count). The average Bonchev–Trinajstić information content (AvgIpc) is 3.30. The van der Waals surface area contributed by atoms with Crippen molar-refractivity contribution < 1.29 is 13.9 Å². The van der Waals surface area contributed by atoms with E-state index in [4.69, 9.17) is 9.72 Å². The van der Waals surface area contributed by atoms with Gasteiger partial charge in [0, 0.05) is 36.6 Å². The number of ether oxygens (including phenoxy) is 1. The van der Waals surface area contributed by atoms with Crippen molar-refractivity contribution >= 4 is 33.8 Å². The number of nitrogens with zero attached hydrogens (tertiary/aromatic N) is 4. The van der Waals surface area contributed by atoms with Crippen LogP contribution in [-0.4, -0.2) is 51.6 Å². The van der Waals surface area contributed by atoms with Crippen molar-refractivity contribution in [3.63, 3.8) is 0 Å². The van der Waals surface area contributed by atoms with Crippen LogP contribution in [0, 0.1) is 5.82 Å². The fourth-order valence-electron chi connectivity index (χ4n) is 4.10. The lowest BCUT2D eigenvalue weighted by molar-refractivity contribution is -0.114. The van der Waals surface area contributed by atoms with E-state index in [0.717, 1.165) is 13.1 Å². The summed E-state index contributed by atoms with van der Waals surface area (Å²) in [5.74, 6) is -0.0840. The molecular weight excluding hydrogens is 469 g/mol. The van der Waals surface area contributed by atoms with Crippen LogP contribution in [0.4, 0.5) is 10.1 Å². The molecule has 4 aromatic rings. The molecule has 3 heterocycles. The third-order valence-corrected chi connectivity index (χ3v) is 6.65. The van der Waals surface area contributed by atoms with Crippen molar-refractivity contribution in [1.82, 2.24) is 19.4 Å². The second-order valence-electron chi connectivity index (χ2n) is 8.33. The smallest absolute Gasteiger partial charge is 0.261 e. The largest absolute Gasteiger partial charge is 0.379 e. The van der Waals surface area contributed by atoms with Crippen LogP contribution in [0.2, 0.25) is 0 Å². The van der Waals surface area contributed by atoms with Crippen LogP contribution >= 0.6 is 11.3 Å². The number of nitrogens with one attached hydrogen (secondary N) is 1. The molecule has 0 atom stereocenters. The average molecular weight is 494 g/mol. The number of anilines is 1. The van der Waals surface area contributed by atoms with Gasteiger partial charge in [0.25, 0.3) is 5.56 Å². The van der Waals surface area contributed by atoms with Gasteiger partial charge in [0.2, 0.25) is 5.91 Å². The molecule has 1 aliphatic rings. The summed E-state index contributed by atoms with van der Waals surface area (Å²) in [5, 5.41) is 5.56. The van der Waals surface area contributed by atoms with Crippen molar-refractivity contribution in [3.8, 4) is 11.3 Å². The van der Waals surface area contributed by atoms with Crippen LogP contribution in [0.1, 0.15) is 17.8 Å². The first kappa shape index (κ1) is 23.3. The summed E-state index contributed by atoms with van der Waals surface area (Å²) in [6, 6.07) is 11.8. The number of benzene rings is 2. The molecule has 0 aliphatic carbocycles. The predicted octanol–water partition coefficient (Wildman–Crippen LogP) is 3.50. The normalized spacial score (nSPS) is 14.3. The summed E-state index contributed by atoms with van der Waals surface area (Å²) in [4.78, 5) is 36.3. The summed E-state index contributed by atoms with van der Waals surface area (Å²) < 4.78 is 21.8. The lowest BCUT2D eigenvalue weighted by atomic mass is 10.1. The van der Waals surface area contributed by atoms with Gasteiger partial charge in [-0.05, 0) is 30.3 Å². The molecular formula is C25H24FN5O3S. The summed E-state index contributed by atoms with van der Waals surface area (Å²) >= 11 is 1.36. The Kier molecular flexibility index (Phi) is 6.67. The molecule has 0 saturated carbocycles. The Labute approximate surface area is 205 Å². The van der Waals surface area contributed by atoms with Gasteiger partial charge in [-0.1, -0.05) is 12.1 Å². The second-order valence-corrected chi connectivity index (χ2v) is 9.27. The van der Waals surface area contributed by atoms with Gasteiger partial charge < -0.3 is 10.1 Å². The molecule has 10 heteroatoms. The number of morpholine rings is 1. The first-order valence-electron chi connectivity index (χ1n) is 11.3. The van der Waals surface area contributed by atoms with Gasteiger partial charge in [0.15, 0.2) is 0 Å². The molecule has 1 amide bonds. The standard InChI is InChI=1S/C25H24FN5O3S/c1-16(32)27-17-6-7-18(20(26)12-17)22-15-35-24(29-22)14-31-23(13-30-8-10-34-11-9-30)28-21-5-3-2-4-19(21)25(31)33/h2-7,12,15H,8-11,13-14H2,1H3,(H,27,32). The molecule has 1 fully saturated rings. The zero-order chi connectivity index (χ0) is 24.4.